The number of hydrogen-bond donors (Lipinski definition) is 0. The topological polar surface area (TPSA) is 3.24 Å². The predicted octanol–water partition coefficient (Wildman–Crippen LogP) is 3.33. The first-order valence-electron chi connectivity index (χ1n) is 5.37. The second kappa shape index (κ2) is 5.66. The average Bonchev–Trinajstić information content (AvgIpc) is 2.27. The van der Waals surface area contributed by atoms with Gasteiger partial charge in [0.15, 0.2) is 0 Å². The van der Waals surface area contributed by atoms with Crippen molar-refractivity contribution < 1.29 is 0 Å². The van der Waals surface area contributed by atoms with Crippen LogP contribution >= 0.6 is 15.9 Å². The largest absolute Gasteiger partial charge is 0.300 e. The van der Waals surface area contributed by atoms with Gasteiger partial charge in [-0.3, -0.25) is 0 Å². The van der Waals surface area contributed by atoms with Crippen LogP contribution in [0.25, 0.3) is 0 Å². The van der Waals surface area contributed by atoms with E-state index >= 15 is 0 Å². The lowest BCUT2D eigenvalue weighted by molar-refractivity contribution is 0.184. The monoisotopic (exact) mass is 269 g/mol. The molecule has 1 aromatic rings. The lowest BCUT2D eigenvalue weighted by Gasteiger charge is -2.34. The van der Waals surface area contributed by atoms with Crippen molar-refractivity contribution in [3.05, 3.63) is 35.9 Å². The first-order chi connectivity index (χ1) is 7.06. The lowest BCUT2D eigenvalue weighted by atomic mass is 10.1. The minimum atomic E-state index is 0.231. The van der Waals surface area contributed by atoms with Crippen molar-refractivity contribution in [2.24, 2.45) is 0 Å². The molecule has 0 aliphatic carbocycles. The highest BCUT2D eigenvalue weighted by Crippen LogP contribution is 2.15. The summed E-state index contributed by atoms with van der Waals surface area (Å²) in [7, 11) is 2.18. The lowest BCUT2D eigenvalue weighted by Crippen LogP contribution is -2.43. The summed E-state index contributed by atoms with van der Waals surface area (Å²) in [6.07, 6.45) is 1.12. The van der Waals surface area contributed by atoms with Crippen molar-refractivity contribution in [1.29, 1.82) is 0 Å². The Bertz CT molecular complexity index is 282. The molecule has 0 spiro atoms. The highest BCUT2D eigenvalue weighted by molar-refractivity contribution is 9.09. The number of hydrogen-bond acceptors (Lipinski definition) is 1. The second-order valence-electron chi connectivity index (χ2n) is 4.60. The number of alkyl halides is 1. The zero-order chi connectivity index (χ0) is 11.3. The molecular weight excluding hydrogens is 250 g/mol. The summed E-state index contributed by atoms with van der Waals surface area (Å²) in [6, 6.07) is 10.6. The van der Waals surface area contributed by atoms with Crippen LogP contribution in [-0.4, -0.2) is 29.4 Å². The Kier molecular flexibility index (Phi) is 4.81. The van der Waals surface area contributed by atoms with E-state index in [4.69, 9.17) is 0 Å². The number of nitrogens with zero attached hydrogens (tertiary/aromatic N) is 1. The van der Waals surface area contributed by atoms with Crippen LogP contribution < -0.4 is 0 Å². The van der Waals surface area contributed by atoms with Crippen LogP contribution in [0.1, 0.15) is 19.4 Å². The second-order valence-corrected chi connectivity index (χ2v) is 5.16. The van der Waals surface area contributed by atoms with Crippen molar-refractivity contribution in [3.8, 4) is 0 Å². The summed E-state index contributed by atoms with van der Waals surface area (Å²) in [4.78, 5) is 2.40. The van der Waals surface area contributed by atoms with Crippen LogP contribution in [0.4, 0.5) is 0 Å². The molecular formula is C13H20BrN. The molecule has 0 N–H and O–H groups in total. The maximum Gasteiger partial charge on any atom is 0.0247 e. The van der Waals surface area contributed by atoms with Gasteiger partial charge in [-0.15, -0.1) is 0 Å². The Hall–Kier alpha value is -0.340. The Morgan fingerprint density at radius 3 is 2.33 bits per heavy atom. The quantitative estimate of drug-likeness (QED) is 0.742. The molecule has 1 aromatic carbocycles. The molecule has 2 heteroatoms. The molecule has 0 heterocycles. The molecule has 1 nitrogen and oxygen atoms in total. The number of likely N-dealkylation sites (N-methyl/N-ethyl adjacent to an activating group) is 1. The summed E-state index contributed by atoms with van der Waals surface area (Å²) < 4.78 is 0. The maximum atomic E-state index is 3.56. The molecule has 0 amide bonds. The Labute approximate surface area is 102 Å². The molecule has 1 rings (SSSR count). The molecule has 0 unspecified atom stereocenters. The normalized spacial score (nSPS) is 12.1. The van der Waals surface area contributed by atoms with Gasteiger partial charge in [0, 0.05) is 17.4 Å². The highest BCUT2D eigenvalue weighted by Gasteiger charge is 2.21. The van der Waals surface area contributed by atoms with Crippen molar-refractivity contribution >= 4 is 15.9 Å². The average molecular weight is 270 g/mol. The van der Waals surface area contributed by atoms with Gasteiger partial charge in [-0.1, -0.05) is 46.3 Å². The molecule has 0 aliphatic heterocycles. The smallest absolute Gasteiger partial charge is 0.0247 e. The van der Waals surface area contributed by atoms with Gasteiger partial charge < -0.3 is 4.90 Å². The van der Waals surface area contributed by atoms with Gasteiger partial charge in [-0.05, 0) is 32.9 Å². The van der Waals surface area contributed by atoms with E-state index in [1.807, 2.05) is 0 Å². The van der Waals surface area contributed by atoms with Crippen molar-refractivity contribution in [1.82, 2.24) is 4.90 Å². The van der Waals surface area contributed by atoms with E-state index in [9.17, 15) is 0 Å². The van der Waals surface area contributed by atoms with E-state index in [-0.39, 0.29) is 5.54 Å². The van der Waals surface area contributed by atoms with Crippen LogP contribution in [0.15, 0.2) is 30.3 Å². The van der Waals surface area contributed by atoms with Gasteiger partial charge in [0.25, 0.3) is 0 Å². The van der Waals surface area contributed by atoms with Crippen LogP contribution in [0.3, 0.4) is 0 Å². The van der Waals surface area contributed by atoms with Gasteiger partial charge in [0.1, 0.15) is 0 Å². The first-order valence-corrected chi connectivity index (χ1v) is 6.49. The third-order valence-corrected chi connectivity index (χ3v) is 4.31. The number of halogens is 1. The Morgan fingerprint density at radius 1 is 1.20 bits per heavy atom. The summed E-state index contributed by atoms with van der Waals surface area (Å²) >= 11 is 3.56. The first kappa shape index (κ1) is 12.7. The van der Waals surface area contributed by atoms with Gasteiger partial charge in [0.05, 0.1) is 0 Å². The minimum absolute atomic E-state index is 0.231. The Balaban J connectivity index is 2.44. The fraction of sp³-hybridized carbons (Fsp3) is 0.538. The molecule has 0 radical (unpaired) electrons. The van der Waals surface area contributed by atoms with Crippen molar-refractivity contribution in [2.45, 2.75) is 25.8 Å². The molecule has 0 saturated heterocycles. The molecule has 84 valence electrons. The van der Waals surface area contributed by atoms with E-state index in [2.05, 4.69) is 72.1 Å². The highest BCUT2D eigenvalue weighted by atomic mass is 79.9. The van der Waals surface area contributed by atoms with Crippen molar-refractivity contribution in [3.63, 3.8) is 0 Å². The summed E-state index contributed by atoms with van der Waals surface area (Å²) in [5.41, 5.74) is 1.64. The number of rotatable bonds is 5. The summed E-state index contributed by atoms with van der Waals surface area (Å²) in [5.74, 6) is 0. The summed E-state index contributed by atoms with van der Waals surface area (Å²) in [5, 5.41) is 1.01. The SMILES string of the molecule is CN(CCc1ccccc1)C(C)(C)CBr. The van der Waals surface area contributed by atoms with Crippen molar-refractivity contribution in [2.75, 3.05) is 18.9 Å². The van der Waals surface area contributed by atoms with Gasteiger partial charge in [-0.25, -0.2) is 0 Å². The maximum absolute atomic E-state index is 3.56. The number of benzene rings is 1. The van der Waals surface area contributed by atoms with Gasteiger partial charge in [-0.2, -0.15) is 0 Å². The van der Waals surface area contributed by atoms with E-state index in [0.29, 0.717) is 0 Å². The Morgan fingerprint density at radius 2 is 1.80 bits per heavy atom. The molecule has 15 heavy (non-hydrogen) atoms. The van der Waals surface area contributed by atoms with Gasteiger partial charge in [0.2, 0.25) is 0 Å². The standard InChI is InChI=1S/C13H20BrN/c1-13(2,11-14)15(3)10-9-12-7-5-4-6-8-12/h4-8H,9-11H2,1-3H3. The van der Waals surface area contributed by atoms with Crippen LogP contribution in [-0.2, 0) is 6.42 Å². The fourth-order valence-electron chi connectivity index (χ4n) is 1.35. The predicted molar refractivity (Wildman–Crippen MR) is 70.6 cm³/mol. The zero-order valence-corrected chi connectivity index (χ0v) is 11.4. The minimum Gasteiger partial charge on any atom is -0.300 e. The molecule has 0 bridgehead atoms. The zero-order valence-electron chi connectivity index (χ0n) is 9.83. The third kappa shape index (κ3) is 3.96. The van der Waals surface area contributed by atoms with E-state index in [0.717, 1.165) is 18.3 Å². The summed E-state index contributed by atoms with van der Waals surface area (Å²) in [6.45, 7) is 5.61. The molecule has 0 aromatic heterocycles. The van der Waals surface area contributed by atoms with E-state index in [1.165, 1.54) is 5.56 Å². The molecule has 0 fully saturated rings. The molecule has 0 aliphatic rings. The van der Waals surface area contributed by atoms with Crippen LogP contribution in [0, 0.1) is 0 Å². The van der Waals surface area contributed by atoms with Gasteiger partial charge >= 0.3 is 0 Å². The van der Waals surface area contributed by atoms with Crippen LogP contribution in [0.5, 0.6) is 0 Å². The third-order valence-electron chi connectivity index (χ3n) is 2.94. The van der Waals surface area contributed by atoms with Crippen LogP contribution in [0.2, 0.25) is 0 Å². The molecule has 0 atom stereocenters. The van der Waals surface area contributed by atoms with E-state index in [1.54, 1.807) is 0 Å². The molecule has 0 saturated carbocycles. The van der Waals surface area contributed by atoms with E-state index < -0.39 is 0 Å². The fourth-order valence-corrected chi connectivity index (χ4v) is 1.77.